The summed E-state index contributed by atoms with van der Waals surface area (Å²) >= 11 is 0. The predicted octanol–water partition coefficient (Wildman–Crippen LogP) is 4.65. The molecule has 1 atom stereocenters. The van der Waals surface area contributed by atoms with Crippen molar-refractivity contribution in [2.75, 3.05) is 6.54 Å². The predicted molar refractivity (Wildman–Crippen MR) is 100 cm³/mol. The Bertz CT molecular complexity index is 649. The van der Waals surface area contributed by atoms with Crippen molar-refractivity contribution in [1.82, 2.24) is 4.90 Å². The van der Waals surface area contributed by atoms with Crippen LogP contribution < -0.4 is 0 Å². The van der Waals surface area contributed by atoms with Crippen molar-refractivity contribution in [3.05, 3.63) is 35.4 Å². The number of hydrogen-bond donors (Lipinski definition) is 1. The van der Waals surface area contributed by atoms with Crippen LogP contribution in [-0.2, 0) is 16.6 Å². The number of carbonyl (C=O) groups is 2. The standard InChI is InChI=1S/C21H31NO3/c1-19(2,3)16-10-8-15(9-11-16)14-17(23)21(20(4,5)6)12-7-13-22(21)18(24)25/h8-11H,7,12-14H2,1-6H3,(H,24,25). The van der Waals surface area contributed by atoms with Gasteiger partial charge in [0.15, 0.2) is 5.78 Å². The smallest absolute Gasteiger partial charge is 0.408 e. The van der Waals surface area contributed by atoms with Crippen molar-refractivity contribution < 1.29 is 14.7 Å². The van der Waals surface area contributed by atoms with E-state index in [-0.39, 0.29) is 17.6 Å². The van der Waals surface area contributed by atoms with E-state index in [1.165, 1.54) is 10.5 Å². The molecule has 0 bridgehead atoms. The monoisotopic (exact) mass is 345 g/mol. The normalized spacial score (nSPS) is 21.4. The van der Waals surface area contributed by atoms with Gasteiger partial charge in [0.1, 0.15) is 5.54 Å². The largest absolute Gasteiger partial charge is 0.465 e. The van der Waals surface area contributed by atoms with Crippen LogP contribution in [0.5, 0.6) is 0 Å². The van der Waals surface area contributed by atoms with Crippen molar-refractivity contribution in [3.63, 3.8) is 0 Å². The molecule has 0 radical (unpaired) electrons. The van der Waals surface area contributed by atoms with Gasteiger partial charge in [-0.2, -0.15) is 0 Å². The Morgan fingerprint density at radius 1 is 1.08 bits per heavy atom. The lowest BCUT2D eigenvalue weighted by atomic mass is 9.68. The third kappa shape index (κ3) is 3.58. The summed E-state index contributed by atoms with van der Waals surface area (Å²) in [7, 11) is 0. The highest BCUT2D eigenvalue weighted by Crippen LogP contribution is 2.45. The molecular weight excluding hydrogens is 314 g/mol. The molecule has 4 heteroatoms. The molecule has 1 amide bonds. The van der Waals surface area contributed by atoms with E-state index >= 15 is 0 Å². The average molecular weight is 345 g/mol. The zero-order chi connectivity index (χ0) is 19.0. The third-order valence-electron chi connectivity index (χ3n) is 5.50. The van der Waals surface area contributed by atoms with Gasteiger partial charge in [-0.1, -0.05) is 65.8 Å². The fourth-order valence-electron chi connectivity index (χ4n) is 4.02. The number of carbonyl (C=O) groups excluding carboxylic acids is 1. The molecule has 0 saturated carbocycles. The van der Waals surface area contributed by atoms with Gasteiger partial charge in [-0.15, -0.1) is 0 Å². The number of hydrogen-bond acceptors (Lipinski definition) is 2. The summed E-state index contributed by atoms with van der Waals surface area (Å²) in [5.41, 5.74) is 0.855. The molecule has 1 unspecified atom stereocenters. The third-order valence-corrected chi connectivity index (χ3v) is 5.50. The van der Waals surface area contributed by atoms with Gasteiger partial charge >= 0.3 is 6.09 Å². The van der Waals surface area contributed by atoms with E-state index in [4.69, 9.17) is 0 Å². The summed E-state index contributed by atoms with van der Waals surface area (Å²) in [6.45, 7) is 12.8. The maximum atomic E-state index is 13.3. The number of rotatable bonds is 3. The second kappa shape index (κ2) is 6.47. The minimum absolute atomic E-state index is 0.00316. The molecule has 0 spiro atoms. The first-order valence-electron chi connectivity index (χ1n) is 9.03. The van der Waals surface area contributed by atoms with Crippen LogP contribution in [0.1, 0.15) is 65.5 Å². The Balaban J connectivity index is 2.31. The van der Waals surface area contributed by atoms with Crippen LogP contribution in [-0.4, -0.2) is 34.0 Å². The van der Waals surface area contributed by atoms with Crippen molar-refractivity contribution in [3.8, 4) is 0 Å². The van der Waals surface area contributed by atoms with Crippen LogP contribution in [0.2, 0.25) is 0 Å². The highest BCUT2D eigenvalue weighted by atomic mass is 16.4. The summed E-state index contributed by atoms with van der Waals surface area (Å²) in [4.78, 5) is 26.4. The zero-order valence-electron chi connectivity index (χ0n) is 16.3. The number of carboxylic acid groups (broad SMARTS) is 1. The van der Waals surface area contributed by atoms with Gasteiger partial charge in [-0.3, -0.25) is 9.69 Å². The molecule has 25 heavy (non-hydrogen) atoms. The van der Waals surface area contributed by atoms with Gasteiger partial charge in [-0.25, -0.2) is 4.79 Å². The molecule has 1 saturated heterocycles. The molecule has 1 fully saturated rings. The van der Waals surface area contributed by atoms with Crippen LogP contribution in [0.15, 0.2) is 24.3 Å². The van der Waals surface area contributed by atoms with Crippen LogP contribution in [0.4, 0.5) is 4.79 Å². The summed E-state index contributed by atoms with van der Waals surface area (Å²) in [6, 6.07) is 8.12. The maximum absolute atomic E-state index is 13.3. The number of Topliss-reactive ketones (excluding diaryl/α,β-unsaturated/α-hetero) is 1. The quantitative estimate of drug-likeness (QED) is 0.867. The molecule has 1 N–H and O–H groups in total. The average Bonchev–Trinajstić information content (AvgIpc) is 2.92. The first-order chi connectivity index (χ1) is 11.4. The number of likely N-dealkylation sites (tertiary alicyclic amines) is 1. The number of amides is 1. The molecule has 138 valence electrons. The van der Waals surface area contributed by atoms with Gasteiger partial charge in [0.2, 0.25) is 0 Å². The lowest BCUT2D eigenvalue weighted by Crippen LogP contribution is -2.61. The molecule has 1 aliphatic rings. The molecule has 0 aliphatic carbocycles. The lowest BCUT2D eigenvalue weighted by Gasteiger charge is -2.45. The van der Waals surface area contributed by atoms with Gasteiger partial charge in [0.05, 0.1) is 0 Å². The molecular formula is C21H31NO3. The van der Waals surface area contributed by atoms with Gasteiger partial charge in [0, 0.05) is 13.0 Å². The lowest BCUT2D eigenvalue weighted by molar-refractivity contribution is -0.134. The van der Waals surface area contributed by atoms with Crippen LogP contribution in [0, 0.1) is 5.41 Å². The number of ketones is 1. The second-order valence-electron chi connectivity index (χ2n) is 9.19. The highest BCUT2D eigenvalue weighted by Gasteiger charge is 2.56. The van der Waals surface area contributed by atoms with Crippen molar-refractivity contribution in [1.29, 1.82) is 0 Å². The summed E-state index contributed by atoms with van der Waals surface area (Å²) < 4.78 is 0. The molecule has 0 aromatic heterocycles. The maximum Gasteiger partial charge on any atom is 0.408 e. The Hall–Kier alpha value is -1.84. The summed E-state index contributed by atoms with van der Waals surface area (Å²) in [5, 5.41) is 9.63. The fourth-order valence-corrected chi connectivity index (χ4v) is 4.02. The zero-order valence-corrected chi connectivity index (χ0v) is 16.3. The molecule has 1 aromatic rings. The molecule has 1 heterocycles. The van der Waals surface area contributed by atoms with E-state index in [1.807, 2.05) is 32.9 Å². The first kappa shape index (κ1) is 19.5. The van der Waals surface area contributed by atoms with Crippen molar-refractivity contribution >= 4 is 11.9 Å². The highest BCUT2D eigenvalue weighted by molar-refractivity contribution is 5.94. The minimum atomic E-state index is -0.996. The molecule has 4 nitrogen and oxygen atoms in total. The Kier molecular flexibility index (Phi) is 5.04. The number of benzene rings is 1. The first-order valence-corrected chi connectivity index (χ1v) is 9.03. The van der Waals surface area contributed by atoms with Crippen molar-refractivity contribution in [2.45, 2.75) is 71.8 Å². The second-order valence-corrected chi connectivity index (χ2v) is 9.19. The summed E-state index contributed by atoms with van der Waals surface area (Å²) in [6.07, 6.45) is 0.606. The molecule has 1 aliphatic heterocycles. The van der Waals surface area contributed by atoms with E-state index in [2.05, 4.69) is 32.9 Å². The van der Waals surface area contributed by atoms with Gasteiger partial charge in [0.25, 0.3) is 0 Å². The fraction of sp³-hybridized carbons (Fsp3) is 0.619. The van der Waals surface area contributed by atoms with Crippen molar-refractivity contribution in [2.24, 2.45) is 5.41 Å². The van der Waals surface area contributed by atoms with Gasteiger partial charge < -0.3 is 5.11 Å². The van der Waals surface area contributed by atoms with Crippen LogP contribution in [0.3, 0.4) is 0 Å². The van der Waals surface area contributed by atoms with Crippen LogP contribution >= 0.6 is 0 Å². The van der Waals surface area contributed by atoms with Crippen LogP contribution in [0.25, 0.3) is 0 Å². The molecule has 2 rings (SSSR count). The Labute approximate surface area is 151 Å². The minimum Gasteiger partial charge on any atom is -0.465 e. The Morgan fingerprint density at radius 3 is 2.08 bits per heavy atom. The SMILES string of the molecule is CC(C)(C)c1ccc(CC(=O)C2(C(C)(C)C)CCCN2C(=O)O)cc1. The topological polar surface area (TPSA) is 57.6 Å². The summed E-state index contributed by atoms with van der Waals surface area (Å²) in [5.74, 6) is 0.00316. The van der Waals surface area contributed by atoms with E-state index < -0.39 is 17.0 Å². The number of nitrogens with zero attached hydrogens (tertiary/aromatic N) is 1. The van der Waals surface area contributed by atoms with E-state index in [9.17, 15) is 14.7 Å². The Morgan fingerprint density at radius 2 is 1.64 bits per heavy atom. The molecule has 1 aromatic carbocycles. The van der Waals surface area contributed by atoms with E-state index in [0.29, 0.717) is 13.0 Å². The van der Waals surface area contributed by atoms with E-state index in [0.717, 1.165) is 12.0 Å². The van der Waals surface area contributed by atoms with Gasteiger partial charge in [-0.05, 0) is 34.8 Å². The van der Waals surface area contributed by atoms with E-state index in [1.54, 1.807) is 0 Å².